The van der Waals surface area contributed by atoms with E-state index >= 15 is 0 Å². The van der Waals surface area contributed by atoms with E-state index in [1.165, 1.54) is 0 Å². The second-order valence-corrected chi connectivity index (χ2v) is 6.01. The van der Waals surface area contributed by atoms with Crippen LogP contribution in [-0.2, 0) is 19.1 Å². The zero-order valence-corrected chi connectivity index (χ0v) is 13.9. The van der Waals surface area contributed by atoms with E-state index in [2.05, 4.69) is 4.74 Å². The van der Waals surface area contributed by atoms with Crippen LogP contribution in [0.3, 0.4) is 0 Å². The minimum Gasteiger partial charge on any atom is -0.459 e. The Kier molecular flexibility index (Phi) is 6.87. The highest BCUT2D eigenvalue weighted by Crippen LogP contribution is 2.52. The Morgan fingerprint density at radius 3 is 1.78 bits per heavy atom. The molecule has 1 fully saturated rings. The summed E-state index contributed by atoms with van der Waals surface area (Å²) < 4.78 is 112. The Bertz CT molecular complexity index is 577. The van der Waals surface area contributed by atoms with Gasteiger partial charge in [0.25, 0.3) is 0 Å². The van der Waals surface area contributed by atoms with Crippen molar-refractivity contribution in [1.82, 2.24) is 0 Å². The number of alkyl halides is 8. The molecule has 1 rings (SSSR count). The van der Waals surface area contributed by atoms with Crippen LogP contribution in [0.25, 0.3) is 0 Å². The summed E-state index contributed by atoms with van der Waals surface area (Å²) in [6, 6.07) is 0. The molecule has 1 saturated carbocycles. The lowest BCUT2D eigenvalue weighted by Gasteiger charge is -2.34. The second-order valence-electron chi connectivity index (χ2n) is 6.01. The molecule has 0 aromatic carbocycles. The first-order valence-corrected chi connectivity index (χ1v) is 7.75. The van der Waals surface area contributed by atoms with Crippen LogP contribution >= 0.6 is 0 Å². The van der Waals surface area contributed by atoms with E-state index in [1.54, 1.807) is 0 Å². The van der Waals surface area contributed by atoms with Crippen LogP contribution in [0, 0.1) is 0 Å². The molecule has 0 atom stereocenters. The Morgan fingerprint density at radius 2 is 1.30 bits per heavy atom. The lowest BCUT2D eigenvalue weighted by molar-refractivity contribution is -0.413. The van der Waals surface area contributed by atoms with Gasteiger partial charge in [-0.25, -0.2) is 9.59 Å². The average molecular weight is 412 g/mol. The van der Waals surface area contributed by atoms with Gasteiger partial charge in [-0.05, 0) is 25.7 Å². The summed E-state index contributed by atoms with van der Waals surface area (Å²) in [5.74, 6) is -22.3. The van der Waals surface area contributed by atoms with E-state index in [0.717, 1.165) is 19.3 Å². The van der Waals surface area contributed by atoms with Crippen molar-refractivity contribution in [2.75, 3.05) is 0 Å². The zero-order chi connectivity index (χ0) is 21.1. The van der Waals surface area contributed by atoms with E-state index in [1.807, 2.05) is 0 Å². The number of rotatable bonds is 7. The van der Waals surface area contributed by atoms with Crippen LogP contribution < -0.4 is 0 Å². The number of halogens is 8. The summed E-state index contributed by atoms with van der Waals surface area (Å²) in [5, 5.41) is 0. The number of carbonyl (C=O) groups excluding carboxylic acids is 2. The standard InChI is InChI=1S/C15H16F8O4/c1-12(16,17)13(18,19)14(20,21)15(22,23)27-11(25)8-7-10(24)26-9-5-3-2-4-6-9/h7-9H,2-6H2,1H3/b8-7+. The van der Waals surface area contributed by atoms with Crippen LogP contribution in [0.2, 0.25) is 0 Å². The van der Waals surface area contributed by atoms with Gasteiger partial charge in [0.15, 0.2) is 0 Å². The first-order chi connectivity index (χ1) is 12.1. The summed E-state index contributed by atoms with van der Waals surface area (Å²) in [7, 11) is 0. The molecule has 156 valence electrons. The van der Waals surface area contributed by atoms with Gasteiger partial charge >= 0.3 is 35.8 Å². The molecule has 27 heavy (non-hydrogen) atoms. The van der Waals surface area contributed by atoms with E-state index in [9.17, 15) is 44.7 Å². The van der Waals surface area contributed by atoms with Gasteiger partial charge in [-0.15, -0.1) is 0 Å². The summed E-state index contributed by atoms with van der Waals surface area (Å²) in [6.45, 7) is -0.694. The van der Waals surface area contributed by atoms with Crippen molar-refractivity contribution in [2.45, 2.75) is 69.0 Å². The van der Waals surface area contributed by atoms with Crippen LogP contribution in [0.15, 0.2) is 12.2 Å². The van der Waals surface area contributed by atoms with Gasteiger partial charge in [-0.2, -0.15) is 35.1 Å². The lowest BCUT2D eigenvalue weighted by Crippen LogP contribution is -2.62. The van der Waals surface area contributed by atoms with Crippen LogP contribution in [-0.4, -0.2) is 41.9 Å². The first kappa shape index (κ1) is 23.2. The van der Waals surface area contributed by atoms with Gasteiger partial charge in [0, 0.05) is 19.1 Å². The molecule has 0 spiro atoms. The highest BCUT2D eigenvalue weighted by molar-refractivity contribution is 5.91. The molecule has 0 aliphatic heterocycles. The fourth-order valence-electron chi connectivity index (χ4n) is 2.21. The molecule has 1 aliphatic carbocycles. The molecule has 0 aromatic rings. The van der Waals surface area contributed by atoms with Gasteiger partial charge in [0.2, 0.25) is 0 Å². The lowest BCUT2D eigenvalue weighted by atomic mass is 9.98. The Hall–Kier alpha value is -1.88. The van der Waals surface area contributed by atoms with E-state index in [4.69, 9.17) is 4.74 Å². The predicted octanol–water partition coefficient (Wildman–Crippen LogP) is 4.48. The van der Waals surface area contributed by atoms with Crippen molar-refractivity contribution in [3.8, 4) is 0 Å². The molecule has 0 saturated heterocycles. The SMILES string of the molecule is CC(F)(F)C(F)(F)C(F)(F)C(F)(F)OC(=O)/C=C/C(=O)OC1CCCCC1. The van der Waals surface area contributed by atoms with E-state index in [0.29, 0.717) is 12.8 Å². The number of hydrogen-bond acceptors (Lipinski definition) is 4. The molecule has 0 radical (unpaired) electrons. The van der Waals surface area contributed by atoms with Gasteiger partial charge < -0.3 is 9.47 Å². The van der Waals surface area contributed by atoms with Crippen molar-refractivity contribution >= 4 is 11.9 Å². The fraction of sp³-hybridized carbons (Fsp3) is 0.733. The normalized spacial score (nSPS) is 17.8. The Morgan fingerprint density at radius 1 is 0.815 bits per heavy atom. The fourth-order valence-corrected chi connectivity index (χ4v) is 2.21. The smallest absolute Gasteiger partial charge is 0.459 e. The number of carbonyl (C=O) groups is 2. The quantitative estimate of drug-likeness (QED) is 0.352. The monoisotopic (exact) mass is 412 g/mol. The minimum absolute atomic E-state index is 0.0582. The topological polar surface area (TPSA) is 52.6 Å². The van der Waals surface area contributed by atoms with Crippen LogP contribution in [0.4, 0.5) is 35.1 Å². The average Bonchev–Trinajstić information content (AvgIpc) is 2.52. The minimum atomic E-state index is -6.72. The van der Waals surface area contributed by atoms with Crippen LogP contribution in [0.5, 0.6) is 0 Å². The summed E-state index contributed by atoms with van der Waals surface area (Å²) in [6.07, 6.45) is -2.96. The second kappa shape index (κ2) is 8.01. The molecule has 12 heteroatoms. The molecular formula is C15H16F8O4. The van der Waals surface area contributed by atoms with Crippen molar-refractivity contribution in [1.29, 1.82) is 0 Å². The summed E-state index contributed by atoms with van der Waals surface area (Å²) in [5.41, 5.74) is 0. The number of esters is 2. The van der Waals surface area contributed by atoms with Gasteiger partial charge in [-0.1, -0.05) is 6.42 Å². The molecular weight excluding hydrogens is 396 g/mol. The van der Waals surface area contributed by atoms with Crippen molar-refractivity contribution in [3.05, 3.63) is 12.2 Å². The molecule has 0 unspecified atom stereocenters. The Balaban J connectivity index is 2.74. The maximum atomic E-state index is 13.2. The highest BCUT2D eigenvalue weighted by Gasteiger charge is 2.81. The van der Waals surface area contributed by atoms with Gasteiger partial charge in [0.05, 0.1) is 0 Å². The maximum absolute atomic E-state index is 13.2. The highest BCUT2D eigenvalue weighted by atomic mass is 19.4. The third-order valence-electron chi connectivity index (χ3n) is 3.73. The third kappa shape index (κ3) is 5.32. The van der Waals surface area contributed by atoms with Gasteiger partial charge in [-0.3, -0.25) is 0 Å². The number of ether oxygens (including phenoxy) is 2. The third-order valence-corrected chi connectivity index (χ3v) is 3.73. The Labute approximate surface area is 148 Å². The molecule has 0 amide bonds. The van der Waals surface area contributed by atoms with Crippen LogP contribution in [0.1, 0.15) is 39.0 Å². The molecule has 4 nitrogen and oxygen atoms in total. The van der Waals surface area contributed by atoms with E-state index < -0.39 is 48.8 Å². The summed E-state index contributed by atoms with van der Waals surface area (Å²) in [4.78, 5) is 22.5. The van der Waals surface area contributed by atoms with E-state index in [-0.39, 0.29) is 12.2 Å². The molecule has 0 heterocycles. The molecule has 0 aromatic heterocycles. The van der Waals surface area contributed by atoms with Crippen molar-refractivity contribution in [3.63, 3.8) is 0 Å². The molecule has 0 N–H and O–H groups in total. The predicted molar refractivity (Wildman–Crippen MR) is 73.7 cm³/mol. The maximum Gasteiger partial charge on any atom is 0.473 e. The van der Waals surface area contributed by atoms with Crippen molar-refractivity contribution < 1.29 is 54.2 Å². The van der Waals surface area contributed by atoms with Gasteiger partial charge in [0.1, 0.15) is 6.10 Å². The number of hydrogen-bond donors (Lipinski definition) is 0. The summed E-state index contributed by atoms with van der Waals surface area (Å²) >= 11 is 0. The first-order valence-electron chi connectivity index (χ1n) is 7.75. The van der Waals surface area contributed by atoms with Crippen molar-refractivity contribution in [2.24, 2.45) is 0 Å². The zero-order valence-electron chi connectivity index (χ0n) is 13.9. The molecule has 1 aliphatic rings. The largest absolute Gasteiger partial charge is 0.473 e. The molecule has 0 bridgehead atoms.